The lowest BCUT2D eigenvalue weighted by Crippen LogP contribution is -2.31. The van der Waals surface area contributed by atoms with Crippen LogP contribution in [0.4, 0.5) is 5.69 Å². The molecular formula is C21H22N2O6. The number of hydrogen-bond donors (Lipinski definition) is 1. The summed E-state index contributed by atoms with van der Waals surface area (Å²) in [5.74, 6) is 2.14. The fourth-order valence-corrected chi connectivity index (χ4v) is 3.54. The number of ether oxygens (including phenoxy) is 4. The maximum atomic E-state index is 12.6. The molecule has 152 valence electrons. The van der Waals surface area contributed by atoms with Gasteiger partial charge in [-0.1, -0.05) is 0 Å². The van der Waals surface area contributed by atoms with Crippen LogP contribution in [0.15, 0.2) is 36.4 Å². The van der Waals surface area contributed by atoms with E-state index in [-0.39, 0.29) is 24.5 Å². The van der Waals surface area contributed by atoms with Crippen molar-refractivity contribution in [2.24, 2.45) is 5.92 Å². The van der Waals surface area contributed by atoms with E-state index in [9.17, 15) is 9.59 Å². The van der Waals surface area contributed by atoms with Crippen molar-refractivity contribution in [3.63, 3.8) is 0 Å². The summed E-state index contributed by atoms with van der Waals surface area (Å²) in [6, 6.07) is 10.5. The molecule has 0 saturated carbocycles. The Bertz CT molecular complexity index is 945. The number of carbonyl (C=O) groups excluding carboxylic acids is 2. The second-order valence-corrected chi connectivity index (χ2v) is 6.89. The van der Waals surface area contributed by atoms with Gasteiger partial charge in [-0.15, -0.1) is 0 Å². The molecule has 8 heteroatoms. The van der Waals surface area contributed by atoms with E-state index in [1.165, 1.54) is 7.11 Å². The van der Waals surface area contributed by atoms with Gasteiger partial charge in [0.05, 0.1) is 19.8 Å². The molecule has 4 rings (SSSR count). The molecular weight excluding hydrogens is 376 g/mol. The van der Waals surface area contributed by atoms with Gasteiger partial charge in [-0.25, -0.2) is 0 Å². The number of hydrogen-bond acceptors (Lipinski definition) is 6. The molecule has 2 aliphatic heterocycles. The van der Waals surface area contributed by atoms with E-state index in [1.54, 1.807) is 36.3 Å². The third kappa shape index (κ3) is 3.78. The molecule has 0 aromatic heterocycles. The van der Waals surface area contributed by atoms with Crippen molar-refractivity contribution in [2.45, 2.75) is 6.42 Å². The van der Waals surface area contributed by atoms with Gasteiger partial charge < -0.3 is 29.2 Å². The Hall–Kier alpha value is -3.42. The molecule has 2 aromatic rings. The lowest BCUT2D eigenvalue weighted by atomic mass is 10.1. The average molecular weight is 398 g/mol. The zero-order chi connectivity index (χ0) is 20.4. The van der Waals surface area contributed by atoms with Crippen molar-refractivity contribution < 1.29 is 28.5 Å². The summed E-state index contributed by atoms with van der Waals surface area (Å²) in [7, 11) is 3.06. The number of amides is 2. The largest absolute Gasteiger partial charge is 0.497 e. The number of nitrogens with one attached hydrogen (secondary N) is 1. The van der Waals surface area contributed by atoms with Crippen LogP contribution in [0, 0.1) is 5.92 Å². The zero-order valence-corrected chi connectivity index (χ0v) is 16.3. The molecule has 1 fully saturated rings. The van der Waals surface area contributed by atoms with Gasteiger partial charge >= 0.3 is 0 Å². The van der Waals surface area contributed by atoms with Gasteiger partial charge in [0.25, 0.3) is 5.91 Å². The third-order valence-corrected chi connectivity index (χ3v) is 5.08. The van der Waals surface area contributed by atoms with Gasteiger partial charge in [0.1, 0.15) is 11.5 Å². The fraction of sp³-hybridized carbons (Fsp3) is 0.333. The van der Waals surface area contributed by atoms with Crippen molar-refractivity contribution in [1.29, 1.82) is 0 Å². The van der Waals surface area contributed by atoms with E-state index < -0.39 is 0 Å². The van der Waals surface area contributed by atoms with Crippen LogP contribution in [0.25, 0.3) is 0 Å². The van der Waals surface area contributed by atoms with Gasteiger partial charge in [-0.2, -0.15) is 0 Å². The van der Waals surface area contributed by atoms with E-state index >= 15 is 0 Å². The minimum Gasteiger partial charge on any atom is -0.497 e. The lowest BCUT2D eigenvalue weighted by Gasteiger charge is -2.17. The molecule has 0 aliphatic carbocycles. The highest BCUT2D eigenvalue weighted by atomic mass is 16.7. The summed E-state index contributed by atoms with van der Waals surface area (Å²) in [6.45, 7) is 1.11. The Morgan fingerprint density at radius 3 is 2.76 bits per heavy atom. The quantitative estimate of drug-likeness (QED) is 0.803. The highest BCUT2D eigenvalue weighted by molar-refractivity contribution is 5.98. The fourth-order valence-electron chi connectivity index (χ4n) is 3.54. The zero-order valence-electron chi connectivity index (χ0n) is 16.3. The predicted octanol–water partition coefficient (Wildman–Crippen LogP) is 2.22. The van der Waals surface area contributed by atoms with Crippen molar-refractivity contribution >= 4 is 17.5 Å². The first-order valence-corrected chi connectivity index (χ1v) is 9.29. The molecule has 2 aromatic carbocycles. The number of carbonyl (C=O) groups is 2. The summed E-state index contributed by atoms with van der Waals surface area (Å²) in [5, 5.41) is 2.90. The first-order valence-electron chi connectivity index (χ1n) is 9.29. The van der Waals surface area contributed by atoms with Crippen LogP contribution in [0.1, 0.15) is 16.8 Å². The van der Waals surface area contributed by atoms with E-state index in [2.05, 4.69) is 5.32 Å². The molecule has 0 bridgehead atoms. The molecule has 29 heavy (non-hydrogen) atoms. The smallest absolute Gasteiger partial charge is 0.255 e. The Kier molecular flexibility index (Phi) is 5.16. The number of benzene rings is 2. The Balaban J connectivity index is 1.39. The second kappa shape index (κ2) is 7.90. The molecule has 1 N–H and O–H groups in total. The van der Waals surface area contributed by atoms with Gasteiger partial charge in [0, 0.05) is 43.2 Å². The summed E-state index contributed by atoms with van der Waals surface area (Å²) in [6.07, 6.45) is 0.370. The van der Waals surface area contributed by atoms with Crippen LogP contribution in [-0.2, 0) is 4.79 Å². The molecule has 8 nitrogen and oxygen atoms in total. The summed E-state index contributed by atoms with van der Waals surface area (Å²) < 4.78 is 21.1. The number of nitrogens with zero attached hydrogens (tertiary/aromatic N) is 1. The molecule has 1 unspecified atom stereocenters. The third-order valence-electron chi connectivity index (χ3n) is 5.08. The molecule has 2 amide bonds. The number of rotatable bonds is 6. The van der Waals surface area contributed by atoms with Crippen molar-refractivity contribution in [3.05, 3.63) is 42.0 Å². The van der Waals surface area contributed by atoms with E-state index in [4.69, 9.17) is 18.9 Å². The maximum absolute atomic E-state index is 12.6. The molecule has 2 heterocycles. The first kappa shape index (κ1) is 18.9. The standard InChI is InChI=1S/C21H22N2O6/c1-26-15-4-5-16(18(9-15)27-2)21(25)22-10-13-7-20(24)23(11-13)14-3-6-17-19(8-14)29-12-28-17/h3-6,8-9,13H,7,10-12H2,1-2H3,(H,22,25). The Morgan fingerprint density at radius 1 is 1.14 bits per heavy atom. The van der Waals surface area contributed by atoms with Crippen LogP contribution in [-0.4, -0.2) is 45.9 Å². The minimum absolute atomic E-state index is 0.0149. The minimum atomic E-state index is -0.251. The summed E-state index contributed by atoms with van der Waals surface area (Å²) in [4.78, 5) is 26.8. The van der Waals surface area contributed by atoms with Crippen molar-refractivity contribution in [3.8, 4) is 23.0 Å². The Labute approximate surface area is 168 Å². The lowest BCUT2D eigenvalue weighted by molar-refractivity contribution is -0.117. The monoisotopic (exact) mass is 398 g/mol. The molecule has 1 saturated heterocycles. The molecule has 1 atom stereocenters. The second-order valence-electron chi connectivity index (χ2n) is 6.89. The number of anilines is 1. The SMILES string of the molecule is COc1ccc(C(=O)NCC2CC(=O)N(c3ccc4c(c3)OCO4)C2)c(OC)c1. The maximum Gasteiger partial charge on any atom is 0.255 e. The molecule has 2 aliphatic rings. The molecule has 0 radical (unpaired) electrons. The van der Waals surface area contributed by atoms with E-state index in [0.717, 1.165) is 5.69 Å². The average Bonchev–Trinajstić information content (AvgIpc) is 3.36. The predicted molar refractivity (Wildman–Crippen MR) is 105 cm³/mol. The summed E-state index contributed by atoms with van der Waals surface area (Å²) in [5.41, 5.74) is 1.19. The number of methoxy groups -OCH3 is 2. The van der Waals surface area contributed by atoms with E-state index in [1.807, 2.05) is 12.1 Å². The highest BCUT2D eigenvalue weighted by Crippen LogP contribution is 2.37. The van der Waals surface area contributed by atoms with E-state index in [0.29, 0.717) is 48.1 Å². The van der Waals surface area contributed by atoms with Crippen LogP contribution in [0.5, 0.6) is 23.0 Å². The van der Waals surface area contributed by atoms with Crippen LogP contribution < -0.4 is 29.2 Å². The Morgan fingerprint density at radius 2 is 1.97 bits per heavy atom. The topological polar surface area (TPSA) is 86.3 Å². The highest BCUT2D eigenvalue weighted by Gasteiger charge is 2.32. The first-order chi connectivity index (χ1) is 14.1. The summed E-state index contributed by atoms with van der Waals surface area (Å²) >= 11 is 0. The van der Waals surface area contributed by atoms with Gasteiger partial charge in [0.15, 0.2) is 11.5 Å². The van der Waals surface area contributed by atoms with Crippen LogP contribution in [0.2, 0.25) is 0 Å². The van der Waals surface area contributed by atoms with Crippen LogP contribution >= 0.6 is 0 Å². The van der Waals surface area contributed by atoms with Gasteiger partial charge in [-0.05, 0) is 24.3 Å². The normalized spacial score (nSPS) is 17.4. The van der Waals surface area contributed by atoms with Gasteiger partial charge in [-0.3, -0.25) is 9.59 Å². The van der Waals surface area contributed by atoms with Gasteiger partial charge in [0.2, 0.25) is 12.7 Å². The van der Waals surface area contributed by atoms with Crippen molar-refractivity contribution in [2.75, 3.05) is 39.0 Å². The van der Waals surface area contributed by atoms with Crippen molar-refractivity contribution in [1.82, 2.24) is 5.32 Å². The van der Waals surface area contributed by atoms with Crippen LogP contribution in [0.3, 0.4) is 0 Å². The number of fused-ring (bicyclic) bond motifs is 1. The molecule has 0 spiro atoms.